The van der Waals surface area contributed by atoms with Crippen molar-refractivity contribution in [2.75, 3.05) is 18.6 Å². The summed E-state index contributed by atoms with van der Waals surface area (Å²) in [6.07, 6.45) is 2.25. The average Bonchev–Trinajstić information content (AvgIpc) is 3.17. The van der Waals surface area contributed by atoms with Crippen molar-refractivity contribution in [1.29, 1.82) is 0 Å². The molecule has 0 bridgehead atoms. The van der Waals surface area contributed by atoms with Crippen molar-refractivity contribution in [2.24, 2.45) is 4.99 Å². The van der Waals surface area contributed by atoms with Gasteiger partial charge in [0.25, 0.3) is 0 Å². The molecule has 3 nitrogen and oxygen atoms in total. The maximum Gasteiger partial charge on any atom is 0.169 e. The predicted octanol–water partition coefficient (Wildman–Crippen LogP) is 5.98. The van der Waals surface area contributed by atoms with Crippen LogP contribution in [0.5, 0.6) is 0 Å². The standard InChI is InChI=1S/C25H24N2OS/c1-28-19-22-12-8-11-21(15-22)16-24-18-27(23-13-6-3-7-14-23)25(29-24)26-17-20-9-4-2-5-10-20/h2-16H,17-19H2,1H3/b24-16-,26-25?. The topological polar surface area (TPSA) is 24.8 Å². The molecule has 0 aliphatic carbocycles. The summed E-state index contributed by atoms with van der Waals surface area (Å²) in [6.45, 7) is 2.14. The van der Waals surface area contributed by atoms with Crippen molar-refractivity contribution in [1.82, 2.24) is 0 Å². The molecule has 0 aromatic heterocycles. The monoisotopic (exact) mass is 400 g/mol. The maximum atomic E-state index is 5.27. The van der Waals surface area contributed by atoms with Crippen molar-refractivity contribution in [3.05, 3.63) is 107 Å². The minimum absolute atomic E-state index is 0.629. The minimum atomic E-state index is 0.629. The number of amidine groups is 1. The number of ether oxygens (including phenoxy) is 1. The second-order valence-electron chi connectivity index (χ2n) is 6.90. The van der Waals surface area contributed by atoms with E-state index in [4.69, 9.17) is 9.73 Å². The van der Waals surface area contributed by atoms with E-state index in [1.165, 1.54) is 27.3 Å². The molecule has 29 heavy (non-hydrogen) atoms. The molecule has 0 spiro atoms. The van der Waals surface area contributed by atoms with Gasteiger partial charge in [-0.1, -0.05) is 78.5 Å². The number of anilines is 1. The molecule has 3 aromatic rings. The van der Waals surface area contributed by atoms with Gasteiger partial charge in [-0.2, -0.15) is 0 Å². The van der Waals surface area contributed by atoms with E-state index in [9.17, 15) is 0 Å². The van der Waals surface area contributed by atoms with Gasteiger partial charge in [-0.15, -0.1) is 0 Å². The lowest BCUT2D eigenvalue weighted by Gasteiger charge is -2.17. The van der Waals surface area contributed by atoms with Gasteiger partial charge in [0.15, 0.2) is 5.17 Å². The van der Waals surface area contributed by atoms with E-state index in [1.54, 1.807) is 18.9 Å². The Labute approximate surface area is 176 Å². The number of rotatable bonds is 6. The molecule has 1 fully saturated rings. The van der Waals surface area contributed by atoms with Gasteiger partial charge in [0.05, 0.1) is 19.7 Å². The zero-order valence-corrected chi connectivity index (χ0v) is 17.3. The summed E-state index contributed by atoms with van der Waals surface area (Å²) in [4.78, 5) is 8.51. The van der Waals surface area contributed by atoms with E-state index in [0.717, 1.165) is 11.7 Å². The van der Waals surface area contributed by atoms with Gasteiger partial charge in [-0.3, -0.25) is 4.99 Å². The molecule has 0 unspecified atom stereocenters. The maximum absolute atomic E-state index is 5.27. The summed E-state index contributed by atoms with van der Waals surface area (Å²) in [5, 5.41) is 1.04. The van der Waals surface area contributed by atoms with Crippen LogP contribution in [-0.2, 0) is 17.9 Å². The van der Waals surface area contributed by atoms with E-state index >= 15 is 0 Å². The van der Waals surface area contributed by atoms with Gasteiger partial charge >= 0.3 is 0 Å². The van der Waals surface area contributed by atoms with E-state index in [0.29, 0.717) is 13.2 Å². The Morgan fingerprint density at radius 2 is 1.66 bits per heavy atom. The molecule has 0 atom stereocenters. The highest BCUT2D eigenvalue weighted by Gasteiger charge is 2.25. The highest BCUT2D eigenvalue weighted by atomic mass is 32.2. The van der Waals surface area contributed by atoms with Crippen LogP contribution in [0.4, 0.5) is 5.69 Å². The number of thioether (sulfide) groups is 1. The van der Waals surface area contributed by atoms with Crippen LogP contribution in [0.3, 0.4) is 0 Å². The number of hydrogen-bond donors (Lipinski definition) is 0. The molecule has 1 aliphatic heterocycles. The fraction of sp³-hybridized carbons (Fsp3) is 0.160. The molecule has 1 heterocycles. The Balaban J connectivity index is 1.60. The summed E-state index contributed by atoms with van der Waals surface area (Å²) in [5.41, 5.74) is 4.77. The van der Waals surface area contributed by atoms with Gasteiger partial charge < -0.3 is 9.64 Å². The van der Waals surface area contributed by atoms with E-state index < -0.39 is 0 Å². The minimum Gasteiger partial charge on any atom is -0.380 e. The van der Waals surface area contributed by atoms with Gasteiger partial charge in [0.2, 0.25) is 0 Å². The lowest BCUT2D eigenvalue weighted by Crippen LogP contribution is -2.23. The second kappa shape index (κ2) is 9.59. The molecule has 0 radical (unpaired) electrons. The molecule has 4 rings (SSSR count). The molecule has 0 amide bonds. The number of aliphatic imine (C=N–C) groups is 1. The third kappa shape index (κ3) is 5.17. The van der Waals surface area contributed by atoms with Crippen LogP contribution in [0.2, 0.25) is 0 Å². The third-order valence-electron chi connectivity index (χ3n) is 4.66. The number of benzene rings is 3. The zero-order chi connectivity index (χ0) is 19.9. The van der Waals surface area contributed by atoms with Crippen LogP contribution >= 0.6 is 11.8 Å². The van der Waals surface area contributed by atoms with Gasteiger partial charge in [0, 0.05) is 17.7 Å². The SMILES string of the molecule is COCc1cccc(/C=C2/CN(c3ccccc3)C(=NCc3ccccc3)S2)c1. The summed E-state index contributed by atoms with van der Waals surface area (Å²) in [5.74, 6) is 0. The number of methoxy groups -OCH3 is 1. The molecular formula is C25H24N2OS. The Morgan fingerprint density at radius 3 is 2.41 bits per heavy atom. The van der Waals surface area contributed by atoms with E-state index in [2.05, 4.69) is 83.8 Å². The molecule has 0 N–H and O–H groups in total. The molecular weight excluding hydrogens is 376 g/mol. The fourth-order valence-corrected chi connectivity index (χ4v) is 4.33. The zero-order valence-electron chi connectivity index (χ0n) is 16.5. The highest BCUT2D eigenvalue weighted by Crippen LogP contribution is 2.35. The van der Waals surface area contributed by atoms with Crippen LogP contribution in [-0.4, -0.2) is 18.8 Å². The first-order chi connectivity index (χ1) is 14.3. The first-order valence-electron chi connectivity index (χ1n) is 9.69. The van der Waals surface area contributed by atoms with Crippen LogP contribution in [0.1, 0.15) is 16.7 Å². The van der Waals surface area contributed by atoms with Crippen molar-refractivity contribution < 1.29 is 4.74 Å². The smallest absolute Gasteiger partial charge is 0.169 e. The quantitative estimate of drug-likeness (QED) is 0.508. The Kier molecular flexibility index (Phi) is 6.45. The normalized spacial score (nSPS) is 16.7. The van der Waals surface area contributed by atoms with E-state index in [-0.39, 0.29) is 0 Å². The highest BCUT2D eigenvalue weighted by molar-refractivity contribution is 8.18. The van der Waals surface area contributed by atoms with Crippen LogP contribution in [0.25, 0.3) is 6.08 Å². The average molecular weight is 401 g/mol. The van der Waals surface area contributed by atoms with Gasteiger partial charge in [-0.25, -0.2) is 0 Å². The van der Waals surface area contributed by atoms with Crippen molar-refractivity contribution in [3.63, 3.8) is 0 Å². The lowest BCUT2D eigenvalue weighted by atomic mass is 10.1. The van der Waals surface area contributed by atoms with Crippen LogP contribution in [0, 0.1) is 0 Å². The van der Waals surface area contributed by atoms with Crippen molar-refractivity contribution >= 4 is 28.7 Å². The Hall–Kier alpha value is -2.82. The summed E-state index contributed by atoms with van der Waals surface area (Å²) < 4.78 is 5.27. The molecule has 146 valence electrons. The predicted molar refractivity (Wildman–Crippen MR) is 124 cm³/mol. The van der Waals surface area contributed by atoms with Crippen LogP contribution < -0.4 is 4.90 Å². The lowest BCUT2D eigenvalue weighted by molar-refractivity contribution is 0.185. The van der Waals surface area contributed by atoms with E-state index in [1.807, 2.05) is 12.1 Å². The first-order valence-corrected chi connectivity index (χ1v) is 10.5. The summed E-state index contributed by atoms with van der Waals surface area (Å²) in [7, 11) is 1.73. The summed E-state index contributed by atoms with van der Waals surface area (Å²) >= 11 is 1.75. The Bertz CT molecular complexity index is 1000. The number of para-hydroxylation sites is 1. The fourth-order valence-electron chi connectivity index (χ4n) is 3.30. The van der Waals surface area contributed by atoms with Gasteiger partial charge in [-0.05, 0) is 41.0 Å². The largest absolute Gasteiger partial charge is 0.380 e. The second-order valence-corrected chi connectivity index (χ2v) is 7.99. The molecule has 1 aliphatic rings. The summed E-state index contributed by atoms with van der Waals surface area (Å²) in [6, 6.07) is 29.4. The number of nitrogens with zero attached hydrogens (tertiary/aromatic N) is 2. The van der Waals surface area contributed by atoms with Crippen molar-refractivity contribution in [2.45, 2.75) is 13.2 Å². The molecule has 4 heteroatoms. The number of hydrogen-bond acceptors (Lipinski definition) is 3. The van der Waals surface area contributed by atoms with Crippen molar-refractivity contribution in [3.8, 4) is 0 Å². The van der Waals surface area contributed by atoms with Gasteiger partial charge in [0.1, 0.15) is 0 Å². The first kappa shape index (κ1) is 19.5. The molecule has 3 aromatic carbocycles. The molecule has 0 saturated carbocycles. The third-order valence-corrected chi connectivity index (χ3v) is 5.71. The Morgan fingerprint density at radius 1 is 0.931 bits per heavy atom. The molecule has 1 saturated heterocycles. The van der Waals surface area contributed by atoms with Crippen LogP contribution in [0.15, 0.2) is 94.8 Å².